The number of aryl methyl sites for hydroxylation is 1. The first-order valence-corrected chi connectivity index (χ1v) is 8.79. The fourth-order valence-electron chi connectivity index (χ4n) is 3.04. The molecule has 0 unspecified atom stereocenters. The molecule has 0 bridgehead atoms. The van der Waals surface area contributed by atoms with Gasteiger partial charge in [0.2, 0.25) is 0 Å². The molecule has 3 aromatic heterocycles. The van der Waals surface area contributed by atoms with Gasteiger partial charge >= 0.3 is 0 Å². The van der Waals surface area contributed by atoms with E-state index in [0.717, 1.165) is 34.9 Å². The summed E-state index contributed by atoms with van der Waals surface area (Å²) in [6.45, 7) is 4.79. The summed E-state index contributed by atoms with van der Waals surface area (Å²) in [6.07, 6.45) is 5.90. The van der Waals surface area contributed by atoms with Crippen LogP contribution in [0.1, 0.15) is 26.8 Å². The van der Waals surface area contributed by atoms with E-state index >= 15 is 0 Å². The number of fused-ring (bicyclic) bond motifs is 1. The predicted molar refractivity (Wildman–Crippen MR) is 90.0 cm³/mol. The smallest absolute Gasteiger partial charge is 0.264 e. The summed E-state index contributed by atoms with van der Waals surface area (Å²) in [6, 6.07) is 2.00. The summed E-state index contributed by atoms with van der Waals surface area (Å²) < 4.78 is 3.99. The molecule has 124 valence electrons. The van der Waals surface area contributed by atoms with Crippen LogP contribution in [0.15, 0.2) is 30.3 Å². The lowest BCUT2D eigenvalue weighted by Gasteiger charge is -2.20. The lowest BCUT2D eigenvalue weighted by molar-refractivity contribution is 0.0763. The average Bonchev–Trinajstić information content (AvgIpc) is 3.28. The minimum atomic E-state index is 0.131. The van der Waals surface area contributed by atoms with Gasteiger partial charge in [-0.1, -0.05) is 0 Å². The summed E-state index contributed by atoms with van der Waals surface area (Å²) >= 11 is 1.52. The molecule has 0 N–H and O–H groups in total. The number of nitrogens with zero attached hydrogens (tertiary/aromatic N) is 6. The van der Waals surface area contributed by atoms with Gasteiger partial charge in [-0.3, -0.25) is 4.79 Å². The number of imidazole rings is 1. The summed E-state index contributed by atoms with van der Waals surface area (Å²) in [4.78, 5) is 24.0. The second kappa shape index (κ2) is 6.20. The zero-order chi connectivity index (χ0) is 16.5. The summed E-state index contributed by atoms with van der Waals surface area (Å²) in [7, 11) is 0. The maximum absolute atomic E-state index is 12.7. The lowest BCUT2D eigenvalue weighted by Crippen LogP contribution is -2.33. The Balaban J connectivity index is 1.51. The maximum Gasteiger partial charge on any atom is 0.264 e. The van der Waals surface area contributed by atoms with Crippen molar-refractivity contribution in [2.45, 2.75) is 26.4 Å². The first-order chi connectivity index (χ1) is 11.7. The Morgan fingerprint density at radius 2 is 2.25 bits per heavy atom. The largest absolute Gasteiger partial charge is 0.336 e. The molecule has 0 radical (unpaired) electrons. The van der Waals surface area contributed by atoms with Crippen LogP contribution < -0.4 is 0 Å². The van der Waals surface area contributed by atoms with Crippen LogP contribution in [0.4, 0.5) is 0 Å². The first kappa shape index (κ1) is 15.1. The van der Waals surface area contributed by atoms with E-state index in [1.807, 2.05) is 29.5 Å². The van der Waals surface area contributed by atoms with Gasteiger partial charge in [0.05, 0.1) is 23.3 Å². The third kappa shape index (κ3) is 2.73. The topological polar surface area (TPSA) is 68.8 Å². The molecule has 7 nitrogen and oxygen atoms in total. The van der Waals surface area contributed by atoms with E-state index in [4.69, 9.17) is 0 Å². The molecule has 0 saturated heterocycles. The van der Waals surface area contributed by atoms with Crippen LogP contribution in [-0.4, -0.2) is 48.2 Å². The molecule has 1 amide bonds. The Bertz CT molecular complexity index is 850. The number of thiophene rings is 1. The highest BCUT2D eigenvalue weighted by molar-refractivity contribution is 7.12. The van der Waals surface area contributed by atoms with E-state index < -0.39 is 0 Å². The van der Waals surface area contributed by atoms with Crippen molar-refractivity contribution >= 4 is 17.2 Å². The van der Waals surface area contributed by atoms with Crippen LogP contribution >= 0.6 is 11.3 Å². The van der Waals surface area contributed by atoms with Crippen molar-refractivity contribution in [1.29, 1.82) is 0 Å². The van der Waals surface area contributed by atoms with Crippen molar-refractivity contribution in [3.8, 4) is 0 Å². The van der Waals surface area contributed by atoms with E-state index in [1.165, 1.54) is 17.7 Å². The summed E-state index contributed by atoms with van der Waals surface area (Å²) in [5.41, 5.74) is 2.15. The molecular weight excluding hydrogens is 324 g/mol. The van der Waals surface area contributed by atoms with Crippen molar-refractivity contribution < 1.29 is 4.79 Å². The number of rotatable bonds is 3. The van der Waals surface area contributed by atoms with E-state index in [0.29, 0.717) is 19.6 Å². The van der Waals surface area contributed by atoms with E-state index in [1.54, 1.807) is 11.0 Å². The Hall–Kier alpha value is -2.48. The molecule has 24 heavy (non-hydrogen) atoms. The molecule has 4 heterocycles. The second-order valence-electron chi connectivity index (χ2n) is 5.89. The van der Waals surface area contributed by atoms with Gasteiger partial charge in [-0.2, -0.15) is 5.10 Å². The molecule has 8 heteroatoms. The molecule has 3 aromatic rings. The number of hydrogen-bond donors (Lipinski definition) is 0. The van der Waals surface area contributed by atoms with E-state index in [-0.39, 0.29) is 5.91 Å². The van der Waals surface area contributed by atoms with Gasteiger partial charge < -0.3 is 9.47 Å². The first-order valence-electron chi connectivity index (χ1n) is 7.91. The zero-order valence-electron chi connectivity index (χ0n) is 13.4. The molecule has 1 aliphatic heterocycles. The quantitative estimate of drug-likeness (QED) is 0.725. The van der Waals surface area contributed by atoms with Crippen molar-refractivity contribution in [1.82, 2.24) is 29.2 Å². The standard InChI is InChI=1S/C16H18N6OS/c1-12-3-7-24-15(12)16(23)20-4-2-14-18-8-13(22(14)6-5-20)9-21-11-17-10-19-21/h3,7-8,10-11H,2,4-6,9H2,1H3. The van der Waals surface area contributed by atoms with Crippen LogP contribution in [0.25, 0.3) is 0 Å². The van der Waals surface area contributed by atoms with Gasteiger partial charge in [-0.05, 0) is 23.9 Å². The highest BCUT2D eigenvalue weighted by Gasteiger charge is 2.23. The molecule has 0 atom stereocenters. The average molecular weight is 342 g/mol. The third-order valence-electron chi connectivity index (χ3n) is 4.35. The maximum atomic E-state index is 12.7. The van der Waals surface area contributed by atoms with Gasteiger partial charge in [0.1, 0.15) is 18.5 Å². The van der Waals surface area contributed by atoms with E-state index in [2.05, 4.69) is 19.6 Å². The second-order valence-corrected chi connectivity index (χ2v) is 6.80. The number of hydrogen-bond acceptors (Lipinski definition) is 5. The van der Waals surface area contributed by atoms with Crippen LogP contribution in [0.2, 0.25) is 0 Å². The Kier molecular flexibility index (Phi) is 3.89. The Morgan fingerprint density at radius 3 is 3.00 bits per heavy atom. The van der Waals surface area contributed by atoms with Gasteiger partial charge in [0.25, 0.3) is 5.91 Å². The number of carbonyl (C=O) groups excluding carboxylic acids is 1. The van der Waals surface area contributed by atoms with Crippen molar-refractivity contribution in [2.75, 3.05) is 13.1 Å². The van der Waals surface area contributed by atoms with E-state index in [9.17, 15) is 4.79 Å². The van der Waals surface area contributed by atoms with Crippen molar-refractivity contribution in [3.63, 3.8) is 0 Å². The summed E-state index contributed by atoms with van der Waals surface area (Å²) in [5, 5.41) is 6.13. The highest BCUT2D eigenvalue weighted by Crippen LogP contribution is 2.20. The van der Waals surface area contributed by atoms with Crippen LogP contribution in [0, 0.1) is 6.92 Å². The molecular formula is C16H18N6OS. The normalized spacial score (nSPS) is 14.5. The zero-order valence-corrected chi connectivity index (χ0v) is 14.2. The van der Waals surface area contributed by atoms with Crippen LogP contribution in [0.3, 0.4) is 0 Å². The minimum absolute atomic E-state index is 0.131. The molecule has 0 saturated carbocycles. The molecule has 0 spiro atoms. The Morgan fingerprint density at radius 1 is 1.33 bits per heavy atom. The van der Waals surface area contributed by atoms with Crippen LogP contribution in [-0.2, 0) is 19.5 Å². The van der Waals surface area contributed by atoms with Gasteiger partial charge in [-0.15, -0.1) is 11.3 Å². The number of amides is 1. The SMILES string of the molecule is Cc1ccsc1C(=O)N1CCc2ncc(Cn3cncn3)n2CC1. The third-order valence-corrected chi connectivity index (χ3v) is 5.36. The van der Waals surface area contributed by atoms with Gasteiger partial charge in [-0.25, -0.2) is 14.6 Å². The monoisotopic (exact) mass is 342 g/mol. The molecule has 0 aliphatic carbocycles. The van der Waals surface area contributed by atoms with Gasteiger partial charge in [0.15, 0.2) is 0 Å². The fraction of sp³-hybridized carbons (Fsp3) is 0.375. The number of carbonyl (C=O) groups is 1. The van der Waals surface area contributed by atoms with Crippen molar-refractivity contribution in [2.24, 2.45) is 0 Å². The molecule has 4 rings (SSSR count). The lowest BCUT2D eigenvalue weighted by atomic mass is 10.2. The molecule has 0 fully saturated rings. The van der Waals surface area contributed by atoms with Crippen molar-refractivity contribution in [3.05, 3.63) is 52.3 Å². The molecule has 1 aliphatic rings. The Labute approximate surface area is 143 Å². The molecule has 0 aromatic carbocycles. The predicted octanol–water partition coefficient (Wildman–Crippen LogP) is 1.59. The highest BCUT2D eigenvalue weighted by atomic mass is 32.1. The number of aromatic nitrogens is 5. The van der Waals surface area contributed by atoms with Gasteiger partial charge in [0, 0.05) is 26.1 Å². The fourth-order valence-corrected chi connectivity index (χ4v) is 3.93. The minimum Gasteiger partial charge on any atom is -0.336 e. The summed E-state index contributed by atoms with van der Waals surface area (Å²) in [5.74, 6) is 1.16. The van der Waals surface area contributed by atoms with Crippen LogP contribution in [0.5, 0.6) is 0 Å².